The zero-order valence-corrected chi connectivity index (χ0v) is 14.7. The van der Waals surface area contributed by atoms with E-state index in [4.69, 9.17) is 4.99 Å². The van der Waals surface area contributed by atoms with E-state index >= 15 is 0 Å². The number of aryl methyl sites for hydroxylation is 1. The number of nitrogens with one attached hydrogen (secondary N) is 1. The molecule has 2 unspecified atom stereocenters. The Labute approximate surface area is 153 Å². The van der Waals surface area contributed by atoms with Crippen LogP contribution in [0.4, 0.5) is 4.39 Å². The van der Waals surface area contributed by atoms with E-state index in [1.54, 1.807) is 6.07 Å². The van der Waals surface area contributed by atoms with Gasteiger partial charge in [-0.15, -0.1) is 0 Å². The Bertz CT molecular complexity index is 919. The summed E-state index contributed by atoms with van der Waals surface area (Å²) in [7, 11) is 0. The molecule has 1 aliphatic rings. The van der Waals surface area contributed by atoms with Crippen LogP contribution in [0.25, 0.3) is 0 Å². The summed E-state index contributed by atoms with van der Waals surface area (Å²) in [6, 6.07) is 25.7. The van der Waals surface area contributed by atoms with Crippen molar-refractivity contribution in [2.24, 2.45) is 4.99 Å². The summed E-state index contributed by atoms with van der Waals surface area (Å²) < 4.78 is 13.6. The fourth-order valence-corrected chi connectivity index (χ4v) is 3.49. The summed E-state index contributed by atoms with van der Waals surface area (Å²) in [6.07, 6.45) is 0.607. The second kappa shape index (κ2) is 7.12. The second-order valence-corrected chi connectivity index (χ2v) is 6.71. The minimum Gasteiger partial charge on any atom is -0.364 e. The van der Waals surface area contributed by atoms with Crippen molar-refractivity contribution in [3.8, 4) is 0 Å². The quantitative estimate of drug-likeness (QED) is 0.694. The lowest BCUT2D eigenvalue weighted by molar-refractivity contribution is 0.571. The Morgan fingerprint density at radius 1 is 0.885 bits per heavy atom. The van der Waals surface area contributed by atoms with E-state index in [1.165, 1.54) is 17.2 Å². The third kappa shape index (κ3) is 3.38. The fraction of sp³-hybridized carbons (Fsp3) is 0.174. The molecule has 0 saturated carbocycles. The average Bonchev–Trinajstić information content (AvgIpc) is 3.10. The average molecular weight is 344 g/mol. The molecule has 3 aromatic carbocycles. The molecule has 130 valence electrons. The van der Waals surface area contributed by atoms with E-state index in [9.17, 15) is 4.39 Å². The summed E-state index contributed by atoms with van der Waals surface area (Å²) >= 11 is 0. The Morgan fingerprint density at radius 3 is 2.23 bits per heavy atom. The van der Waals surface area contributed by atoms with Crippen LogP contribution in [-0.4, -0.2) is 5.84 Å². The van der Waals surface area contributed by atoms with Crippen LogP contribution in [0, 0.1) is 12.7 Å². The highest BCUT2D eigenvalue weighted by Crippen LogP contribution is 2.36. The smallest absolute Gasteiger partial charge is 0.123 e. The molecule has 0 fully saturated rings. The molecule has 3 heteroatoms. The van der Waals surface area contributed by atoms with E-state index in [1.807, 2.05) is 49.4 Å². The van der Waals surface area contributed by atoms with Gasteiger partial charge >= 0.3 is 0 Å². The van der Waals surface area contributed by atoms with Crippen LogP contribution >= 0.6 is 0 Å². The van der Waals surface area contributed by atoms with E-state index in [-0.39, 0.29) is 17.9 Å². The van der Waals surface area contributed by atoms with Gasteiger partial charge in [0, 0.05) is 6.42 Å². The zero-order valence-electron chi connectivity index (χ0n) is 14.7. The molecule has 26 heavy (non-hydrogen) atoms. The number of benzene rings is 3. The zero-order chi connectivity index (χ0) is 17.9. The maximum absolute atomic E-state index is 13.6. The summed E-state index contributed by atoms with van der Waals surface area (Å²) in [5.74, 6) is 0.699. The molecule has 3 aromatic rings. The molecule has 0 saturated heterocycles. The Hall–Kier alpha value is -2.94. The van der Waals surface area contributed by atoms with E-state index < -0.39 is 0 Å². The number of nitrogens with zero attached hydrogens (tertiary/aromatic N) is 1. The van der Waals surface area contributed by atoms with Gasteiger partial charge in [-0.1, -0.05) is 66.7 Å². The highest BCUT2D eigenvalue weighted by Gasteiger charge is 2.31. The topological polar surface area (TPSA) is 24.4 Å². The van der Waals surface area contributed by atoms with Gasteiger partial charge < -0.3 is 5.32 Å². The van der Waals surface area contributed by atoms with Crippen LogP contribution in [0.5, 0.6) is 0 Å². The third-order valence-electron chi connectivity index (χ3n) is 4.90. The van der Waals surface area contributed by atoms with Crippen LogP contribution in [0.15, 0.2) is 83.9 Å². The summed E-state index contributed by atoms with van der Waals surface area (Å²) in [5, 5.41) is 3.58. The minimum absolute atomic E-state index is 0.0162. The second-order valence-electron chi connectivity index (χ2n) is 6.71. The highest BCUT2D eigenvalue weighted by molar-refractivity contribution is 5.87. The van der Waals surface area contributed by atoms with E-state index in [0.717, 1.165) is 17.0 Å². The highest BCUT2D eigenvalue weighted by atomic mass is 19.1. The SMILES string of the molecule is Cc1ccc(F)cc1CC1=NC(c2ccccc2)C(c2ccccc2)N1. The van der Waals surface area contributed by atoms with E-state index in [0.29, 0.717) is 6.42 Å². The van der Waals surface area contributed by atoms with Crippen molar-refractivity contribution in [1.82, 2.24) is 5.32 Å². The van der Waals surface area contributed by atoms with Gasteiger partial charge in [0.25, 0.3) is 0 Å². The van der Waals surface area contributed by atoms with Crippen LogP contribution in [0.3, 0.4) is 0 Å². The lowest BCUT2D eigenvalue weighted by atomic mass is 9.95. The summed E-state index contributed by atoms with van der Waals surface area (Å²) in [4.78, 5) is 4.97. The number of rotatable bonds is 4. The van der Waals surface area contributed by atoms with Crippen LogP contribution in [0.2, 0.25) is 0 Å². The minimum atomic E-state index is -0.205. The monoisotopic (exact) mass is 344 g/mol. The third-order valence-corrected chi connectivity index (χ3v) is 4.90. The molecule has 1 heterocycles. The number of amidine groups is 1. The van der Waals surface area contributed by atoms with E-state index in [2.05, 4.69) is 29.6 Å². The van der Waals surface area contributed by atoms with Gasteiger partial charge in [0.2, 0.25) is 0 Å². The number of hydrogen-bond acceptors (Lipinski definition) is 2. The van der Waals surface area contributed by atoms with Gasteiger partial charge in [-0.2, -0.15) is 0 Å². The largest absolute Gasteiger partial charge is 0.364 e. The Balaban J connectivity index is 1.67. The van der Waals surface area contributed by atoms with Crippen LogP contribution in [0.1, 0.15) is 34.3 Å². The predicted octanol–water partition coefficient (Wildman–Crippen LogP) is 5.16. The first-order chi connectivity index (χ1) is 12.7. The first kappa shape index (κ1) is 16.5. The van der Waals surface area contributed by atoms with Crippen molar-refractivity contribution in [1.29, 1.82) is 0 Å². The normalized spacial score (nSPS) is 19.1. The Morgan fingerprint density at radius 2 is 1.54 bits per heavy atom. The molecule has 0 radical (unpaired) electrons. The molecule has 1 aliphatic heterocycles. The number of aliphatic imine (C=N–C) groups is 1. The van der Waals surface area contributed by atoms with Crippen molar-refractivity contribution in [2.45, 2.75) is 25.4 Å². The Kier molecular flexibility index (Phi) is 4.53. The number of hydrogen-bond donors (Lipinski definition) is 1. The van der Waals surface area contributed by atoms with Gasteiger partial charge in [0.15, 0.2) is 0 Å². The van der Waals surface area contributed by atoms with Crippen LogP contribution < -0.4 is 5.32 Å². The van der Waals surface area contributed by atoms with Crippen molar-refractivity contribution < 1.29 is 4.39 Å². The van der Waals surface area contributed by atoms with Gasteiger partial charge in [-0.3, -0.25) is 4.99 Å². The van der Waals surface area contributed by atoms with Crippen molar-refractivity contribution >= 4 is 5.84 Å². The fourth-order valence-electron chi connectivity index (χ4n) is 3.49. The molecule has 2 atom stereocenters. The van der Waals surface area contributed by atoms with Crippen LogP contribution in [-0.2, 0) is 6.42 Å². The molecule has 0 amide bonds. The van der Waals surface area contributed by atoms with Crippen molar-refractivity contribution in [3.05, 3.63) is 107 Å². The first-order valence-corrected chi connectivity index (χ1v) is 8.89. The molecule has 2 nitrogen and oxygen atoms in total. The molecular formula is C23H21FN2. The summed E-state index contributed by atoms with van der Waals surface area (Å²) in [6.45, 7) is 2.01. The molecule has 0 aliphatic carbocycles. The first-order valence-electron chi connectivity index (χ1n) is 8.89. The van der Waals surface area contributed by atoms with Gasteiger partial charge in [0.05, 0.1) is 6.04 Å². The summed E-state index contributed by atoms with van der Waals surface area (Å²) in [5.41, 5.74) is 4.43. The number of halogens is 1. The maximum atomic E-state index is 13.6. The van der Waals surface area contributed by atoms with Gasteiger partial charge in [0.1, 0.15) is 17.7 Å². The molecule has 0 bridgehead atoms. The standard InChI is InChI=1S/C23H21FN2/c1-16-12-13-20(24)14-19(16)15-21-25-22(17-8-4-2-5-9-17)23(26-21)18-10-6-3-7-11-18/h2-14,22-23H,15H2,1H3,(H,25,26). The van der Waals surface area contributed by atoms with Crippen molar-refractivity contribution in [2.75, 3.05) is 0 Å². The lowest BCUT2D eigenvalue weighted by Crippen LogP contribution is -2.26. The van der Waals surface area contributed by atoms with Gasteiger partial charge in [-0.05, 0) is 41.3 Å². The van der Waals surface area contributed by atoms with Gasteiger partial charge in [-0.25, -0.2) is 4.39 Å². The maximum Gasteiger partial charge on any atom is 0.123 e. The van der Waals surface area contributed by atoms with Crippen molar-refractivity contribution in [3.63, 3.8) is 0 Å². The molecule has 4 rings (SSSR count). The molecule has 1 N–H and O–H groups in total. The molecule has 0 aromatic heterocycles. The molecular weight excluding hydrogens is 323 g/mol. The lowest BCUT2D eigenvalue weighted by Gasteiger charge is -2.19. The predicted molar refractivity (Wildman–Crippen MR) is 104 cm³/mol. The molecule has 0 spiro atoms.